The first kappa shape index (κ1) is 11.2. The van der Waals surface area contributed by atoms with Crippen molar-refractivity contribution < 1.29 is 4.84 Å². The summed E-state index contributed by atoms with van der Waals surface area (Å²) in [5, 5.41) is 0. The van der Waals surface area contributed by atoms with Gasteiger partial charge in [-0.25, -0.2) is 4.79 Å². The van der Waals surface area contributed by atoms with Crippen molar-refractivity contribution in [3.63, 3.8) is 0 Å². The molecule has 0 amide bonds. The van der Waals surface area contributed by atoms with Crippen molar-refractivity contribution >= 4 is 11.5 Å². The summed E-state index contributed by atoms with van der Waals surface area (Å²) in [7, 11) is 0. The van der Waals surface area contributed by atoms with Gasteiger partial charge in [-0.1, -0.05) is 13.8 Å². The summed E-state index contributed by atoms with van der Waals surface area (Å²) in [4.78, 5) is 29.4. The van der Waals surface area contributed by atoms with Gasteiger partial charge in [-0.05, 0) is 5.92 Å². The van der Waals surface area contributed by atoms with Crippen LogP contribution in [-0.4, -0.2) is 16.3 Å². The third-order valence-corrected chi connectivity index (χ3v) is 1.68. The van der Waals surface area contributed by atoms with E-state index in [0.717, 1.165) is 4.73 Å². The predicted molar refractivity (Wildman–Crippen MR) is 56.4 cm³/mol. The average Bonchev–Trinajstić information content (AvgIpc) is 2.14. The van der Waals surface area contributed by atoms with Crippen LogP contribution in [0.3, 0.4) is 0 Å². The lowest BCUT2D eigenvalue weighted by Crippen LogP contribution is -2.38. The van der Waals surface area contributed by atoms with Gasteiger partial charge in [-0.3, -0.25) is 9.78 Å². The van der Waals surface area contributed by atoms with Crippen LogP contribution in [-0.2, 0) is 0 Å². The van der Waals surface area contributed by atoms with Crippen molar-refractivity contribution in [3.8, 4) is 0 Å². The molecule has 0 aliphatic carbocycles. The molecular weight excluding hydrogens is 200 g/mol. The van der Waals surface area contributed by atoms with Crippen molar-refractivity contribution in [1.29, 1.82) is 0 Å². The van der Waals surface area contributed by atoms with E-state index in [1.165, 1.54) is 0 Å². The zero-order valence-corrected chi connectivity index (χ0v) is 8.61. The van der Waals surface area contributed by atoms with E-state index in [-0.39, 0.29) is 17.4 Å². The minimum absolute atomic E-state index is 0.176. The van der Waals surface area contributed by atoms with Gasteiger partial charge in [0.15, 0.2) is 5.82 Å². The molecule has 0 aromatic carbocycles. The Labute approximate surface area is 85.6 Å². The maximum absolute atomic E-state index is 11.3. The van der Waals surface area contributed by atoms with Crippen molar-refractivity contribution in [3.05, 3.63) is 20.8 Å². The van der Waals surface area contributed by atoms with E-state index in [0.29, 0.717) is 6.61 Å². The van der Waals surface area contributed by atoms with Gasteiger partial charge >= 0.3 is 5.69 Å². The van der Waals surface area contributed by atoms with Crippen LogP contribution in [0.2, 0.25) is 0 Å². The lowest BCUT2D eigenvalue weighted by Gasteiger charge is -2.12. The Morgan fingerprint density at radius 3 is 2.53 bits per heavy atom. The zero-order chi connectivity index (χ0) is 11.6. The lowest BCUT2D eigenvalue weighted by atomic mass is 10.2. The smallest absolute Gasteiger partial charge is 0.363 e. The van der Waals surface area contributed by atoms with Crippen LogP contribution >= 0.6 is 0 Å². The molecule has 0 bridgehead atoms. The summed E-state index contributed by atoms with van der Waals surface area (Å²) in [6.45, 7) is 4.13. The largest absolute Gasteiger partial charge is 0.407 e. The van der Waals surface area contributed by atoms with Crippen molar-refractivity contribution in [2.24, 2.45) is 5.92 Å². The molecule has 15 heavy (non-hydrogen) atoms. The fourth-order valence-corrected chi connectivity index (χ4v) is 0.902. The highest BCUT2D eigenvalue weighted by Crippen LogP contribution is 2.02. The molecule has 1 heterocycles. The zero-order valence-electron chi connectivity index (χ0n) is 8.61. The fraction of sp³-hybridized carbons (Fsp3) is 0.500. The van der Waals surface area contributed by atoms with Crippen LogP contribution in [0.4, 0.5) is 11.5 Å². The Bertz CT molecular complexity index is 460. The molecule has 0 aliphatic heterocycles. The van der Waals surface area contributed by atoms with Crippen LogP contribution in [0.25, 0.3) is 0 Å². The molecule has 1 rings (SSSR count). The Kier molecular flexibility index (Phi) is 3.03. The molecule has 0 spiro atoms. The van der Waals surface area contributed by atoms with Gasteiger partial charge in [0.2, 0.25) is 0 Å². The molecule has 0 fully saturated rings. The molecule has 0 saturated heterocycles. The molecule has 84 valence electrons. The van der Waals surface area contributed by atoms with Crippen LogP contribution < -0.4 is 27.6 Å². The Balaban J connectivity index is 3.13. The molecule has 0 atom stereocenters. The number of anilines is 2. The lowest BCUT2D eigenvalue weighted by molar-refractivity contribution is 0.0832. The number of hydrogen-bond donors (Lipinski definition) is 3. The third-order valence-electron chi connectivity index (χ3n) is 1.68. The number of aromatic amines is 1. The second kappa shape index (κ2) is 4.07. The first-order chi connectivity index (χ1) is 6.93. The van der Waals surface area contributed by atoms with Gasteiger partial charge in [0, 0.05) is 0 Å². The van der Waals surface area contributed by atoms with Crippen molar-refractivity contribution in [2.75, 3.05) is 18.1 Å². The van der Waals surface area contributed by atoms with Gasteiger partial charge in [0.25, 0.3) is 5.56 Å². The summed E-state index contributed by atoms with van der Waals surface area (Å²) < 4.78 is 0.788. The molecule has 7 nitrogen and oxygen atoms in total. The highest BCUT2D eigenvalue weighted by molar-refractivity contribution is 5.55. The summed E-state index contributed by atoms with van der Waals surface area (Å²) in [5.41, 5.74) is 9.15. The fourth-order valence-electron chi connectivity index (χ4n) is 0.902. The van der Waals surface area contributed by atoms with Gasteiger partial charge in [0.05, 0.1) is 0 Å². The minimum atomic E-state index is -0.729. The summed E-state index contributed by atoms with van der Waals surface area (Å²) in [5.74, 6) is 0.0499. The van der Waals surface area contributed by atoms with Crippen molar-refractivity contribution in [1.82, 2.24) is 9.71 Å². The van der Waals surface area contributed by atoms with E-state index in [9.17, 15) is 9.59 Å². The Hall–Kier alpha value is -1.92. The summed E-state index contributed by atoms with van der Waals surface area (Å²) in [6, 6.07) is 0. The number of nitrogens with zero attached hydrogens (tertiary/aromatic N) is 1. The first-order valence-corrected chi connectivity index (χ1v) is 4.47. The highest BCUT2D eigenvalue weighted by Gasteiger charge is 2.10. The standard InChI is InChI=1S/C8H14N4O3/c1-4(2)3-15-12-6(10)5(9)7(13)11-8(12)14/h4H,3,9-10H2,1-2H3,(H,11,13,14). The first-order valence-electron chi connectivity index (χ1n) is 4.47. The highest BCUT2D eigenvalue weighted by atomic mass is 16.7. The van der Waals surface area contributed by atoms with Gasteiger partial charge in [-0.15, -0.1) is 4.73 Å². The van der Waals surface area contributed by atoms with E-state index in [1.807, 2.05) is 18.8 Å². The minimum Gasteiger partial charge on any atom is -0.407 e. The monoisotopic (exact) mass is 214 g/mol. The predicted octanol–water partition coefficient (Wildman–Crippen LogP) is -1.21. The molecule has 1 aromatic heterocycles. The van der Waals surface area contributed by atoms with E-state index in [4.69, 9.17) is 16.3 Å². The number of H-pyrrole nitrogens is 1. The number of rotatable bonds is 3. The van der Waals surface area contributed by atoms with E-state index in [2.05, 4.69) is 0 Å². The van der Waals surface area contributed by atoms with Crippen LogP contribution in [0.1, 0.15) is 13.8 Å². The van der Waals surface area contributed by atoms with Crippen LogP contribution in [0.5, 0.6) is 0 Å². The summed E-state index contributed by atoms with van der Waals surface area (Å²) in [6.07, 6.45) is 0. The molecular formula is C8H14N4O3. The number of aromatic nitrogens is 2. The van der Waals surface area contributed by atoms with Crippen LogP contribution in [0, 0.1) is 5.92 Å². The normalized spacial score (nSPS) is 10.6. The molecule has 5 N–H and O–H groups in total. The molecule has 1 aromatic rings. The maximum atomic E-state index is 11.3. The topological polar surface area (TPSA) is 116 Å². The molecule has 0 unspecified atom stereocenters. The second-order valence-corrected chi connectivity index (χ2v) is 3.54. The number of nitrogens with one attached hydrogen (secondary N) is 1. The molecule has 7 heteroatoms. The molecule has 0 aliphatic rings. The van der Waals surface area contributed by atoms with Gasteiger partial charge in [-0.2, -0.15) is 0 Å². The van der Waals surface area contributed by atoms with Crippen LogP contribution in [0.15, 0.2) is 9.59 Å². The van der Waals surface area contributed by atoms with Crippen molar-refractivity contribution in [2.45, 2.75) is 13.8 Å². The average molecular weight is 214 g/mol. The Morgan fingerprint density at radius 1 is 1.40 bits per heavy atom. The maximum Gasteiger partial charge on any atom is 0.363 e. The molecule has 0 radical (unpaired) electrons. The van der Waals surface area contributed by atoms with E-state index < -0.39 is 11.2 Å². The molecule has 0 saturated carbocycles. The van der Waals surface area contributed by atoms with E-state index in [1.54, 1.807) is 0 Å². The Morgan fingerprint density at radius 2 is 2.00 bits per heavy atom. The number of nitrogens with two attached hydrogens (primary N) is 2. The third kappa shape index (κ3) is 2.30. The number of nitrogen functional groups attached to an aromatic ring is 2. The van der Waals surface area contributed by atoms with E-state index >= 15 is 0 Å². The quantitative estimate of drug-likeness (QED) is 0.583. The van der Waals surface area contributed by atoms with Gasteiger partial charge < -0.3 is 16.3 Å². The summed E-state index contributed by atoms with van der Waals surface area (Å²) >= 11 is 0. The second-order valence-electron chi connectivity index (χ2n) is 3.54. The van der Waals surface area contributed by atoms with Gasteiger partial charge in [0.1, 0.15) is 12.3 Å². The number of hydrogen-bond acceptors (Lipinski definition) is 5. The SMILES string of the molecule is CC(C)COn1c(N)c(N)c(=O)[nH]c1=O.